The van der Waals surface area contributed by atoms with Crippen LogP contribution in [0.5, 0.6) is 0 Å². The van der Waals surface area contributed by atoms with Crippen molar-refractivity contribution in [1.29, 1.82) is 0 Å². The molecule has 0 fully saturated rings. The molecule has 0 rings (SSSR count). The molecule has 16 heavy (non-hydrogen) atoms. The Morgan fingerprint density at radius 3 is 1.69 bits per heavy atom. The SMILES string of the molecule is CCCCCC(CC)C(CCC)CCCC. The highest BCUT2D eigenvalue weighted by molar-refractivity contribution is 4.69. The minimum Gasteiger partial charge on any atom is -0.0654 e. The van der Waals surface area contributed by atoms with Gasteiger partial charge in [0.05, 0.1) is 0 Å². The second-order valence-electron chi connectivity index (χ2n) is 5.36. The fraction of sp³-hybridized carbons (Fsp3) is 1.00. The summed E-state index contributed by atoms with van der Waals surface area (Å²) in [6, 6.07) is 0. The molecule has 0 spiro atoms. The van der Waals surface area contributed by atoms with Crippen LogP contribution >= 0.6 is 0 Å². The van der Waals surface area contributed by atoms with Crippen molar-refractivity contribution in [1.82, 2.24) is 0 Å². The Kier molecular flexibility index (Phi) is 11.5. The van der Waals surface area contributed by atoms with Crippen molar-refractivity contribution in [3.8, 4) is 0 Å². The second kappa shape index (κ2) is 11.5. The van der Waals surface area contributed by atoms with Crippen molar-refractivity contribution in [2.45, 2.75) is 91.9 Å². The minimum absolute atomic E-state index is 1.01. The molecule has 0 aromatic heterocycles. The molecular formula is C16H34. The van der Waals surface area contributed by atoms with Gasteiger partial charge in [0, 0.05) is 0 Å². The van der Waals surface area contributed by atoms with Gasteiger partial charge in [0.2, 0.25) is 0 Å². The van der Waals surface area contributed by atoms with Gasteiger partial charge in [-0.25, -0.2) is 0 Å². The van der Waals surface area contributed by atoms with Gasteiger partial charge in [-0.3, -0.25) is 0 Å². The summed E-state index contributed by atoms with van der Waals surface area (Å²) in [5.74, 6) is 2.03. The second-order valence-corrected chi connectivity index (χ2v) is 5.36. The number of hydrogen-bond donors (Lipinski definition) is 0. The van der Waals surface area contributed by atoms with Crippen molar-refractivity contribution >= 4 is 0 Å². The first kappa shape index (κ1) is 16.0. The minimum atomic E-state index is 1.01. The van der Waals surface area contributed by atoms with E-state index in [1.54, 1.807) is 0 Å². The number of rotatable bonds is 11. The van der Waals surface area contributed by atoms with Crippen LogP contribution < -0.4 is 0 Å². The lowest BCUT2D eigenvalue weighted by molar-refractivity contribution is 0.256. The molecule has 0 heterocycles. The van der Waals surface area contributed by atoms with E-state index in [0.717, 1.165) is 11.8 Å². The molecule has 98 valence electrons. The predicted molar refractivity (Wildman–Crippen MR) is 75.8 cm³/mol. The largest absolute Gasteiger partial charge is 0.0654 e. The van der Waals surface area contributed by atoms with E-state index >= 15 is 0 Å². The molecule has 0 aromatic carbocycles. The fourth-order valence-electron chi connectivity index (χ4n) is 2.88. The van der Waals surface area contributed by atoms with Crippen molar-refractivity contribution in [2.75, 3.05) is 0 Å². The summed E-state index contributed by atoms with van der Waals surface area (Å²) in [7, 11) is 0. The highest BCUT2D eigenvalue weighted by Gasteiger charge is 2.18. The van der Waals surface area contributed by atoms with Crippen LogP contribution in [0.2, 0.25) is 0 Å². The van der Waals surface area contributed by atoms with E-state index in [9.17, 15) is 0 Å². The van der Waals surface area contributed by atoms with Crippen molar-refractivity contribution in [3.63, 3.8) is 0 Å². The van der Waals surface area contributed by atoms with Crippen molar-refractivity contribution < 1.29 is 0 Å². The van der Waals surface area contributed by atoms with E-state index in [1.165, 1.54) is 64.2 Å². The lowest BCUT2D eigenvalue weighted by Gasteiger charge is -2.26. The summed E-state index contributed by atoms with van der Waals surface area (Å²) in [5.41, 5.74) is 0. The van der Waals surface area contributed by atoms with Crippen LogP contribution in [-0.2, 0) is 0 Å². The van der Waals surface area contributed by atoms with E-state index in [4.69, 9.17) is 0 Å². The van der Waals surface area contributed by atoms with Gasteiger partial charge in [-0.05, 0) is 11.8 Å². The van der Waals surface area contributed by atoms with E-state index in [0.29, 0.717) is 0 Å². The summed E-state index contributed by atoms with van der Waals surface area (Å²) in [4.78, 5) is 0. The molecule has 0 amide bonds. The molecule has 0 aliphatic rings. The molecule has 0 bridgehead atoms. The Balaban J connectivity index is 3.99. The normalized spacial score (nSPS) is 15.0. The maximum absolute atomic E-state index is 2.39. The molecular weight excluding hydrogens is 192 g/mol. The van der Waals surface area contributed by atoms with Crippen LogP contribution in [0.15, 0.2) is 0 Å². The maximum Gasteiger partial charge on any atom is -0.0386 e. The number of hydrogen-bond acceptors (Lipinski definition) is 0. The lowest BCUT2D eigenvalue weighted by atomic mass is 9.80. The number of unbranched alkanes of at least 4 members (excludes halogenated alkanes) is 3. The maximum atomic E-state index is 2.39. The van der Waals surface area contributed by atoms with Crippen molar-refractivity contribution in [3.05, 3.63) is 0 Å². The molecule has 0 saturated heterocycles. The van der Waals surface area contributed by atoms with Crippen LogP contribution in [0.25, 0.3) is 0 Å². The first-order valence-electron chi connectivity index (χ1n) is 7.79. The van der Waals surface area contributed by atoms with Gasteiger partial charge in [0.15, 0.2) is 0 Å². The Morgan fingerprint density at radius 2 is 1.19 bits per heavy atom. The highest BCUT2D eigenvalue weighted by Crippen LogP contribution is 2.30. The summed E-state index contributed by atoms with van der Waals surface area (Å²) < 4.78 is 0. The smallest absolute Gasteiger partial charge is 0.0386 e. The highest BCUT2D eigenvalue weighted by atomic mass is 14.2. The third-order valence-corrected chi connectivity index (χ3v) is 3.96. The topological polar surface area (TPSA) is 0 Å². The average molecular weight is 226 g/mol. The first-order valence-corrected chi connectivity index (χ1v) is 7.79. The van der Waals surface area contributed by atoms with Gasteiger partial charge in [-0.2, -0.15) is 0 Å². The summed E-state index contributed by atoms with van der Waals surface area (Å²) in [6.45, 7) is 9.37. The third kappa shape index (κ3) is 7.30. The third-order valence-electron chi connectivity index (χ3n) is 3.96. The van der Waals surface area contributed by atoms with Crippen LogP contribution in [0.4, 0.5) is 0 Å². The molecule has 0 N–H and O–H groups in total. The van der Waals surface area contributed by atoms with Gasteiger partial charge < -0.3 is 0 Å². The molecule has 2 atom stereocenters. The van der Waals surface area contributed by atoms with E-state index < -0.39 is 0 Å². The zero-order valence-corrected chi connectivity index (χ0v) is 12.2. The van der Waals surface area contributed by atoms with E-state index in [2.05, 4.69) is 27.7 Å². The molecule has 0 radical (unpaired) electrons. The van der Waals surface area contributed by atoms with Gasteiger partial charge in [0.25, 0.3) is 0 Å². The van der Waals surface area contributed by atoms with Crippen molar-refractivity contribution in [2.24, 2.45) is 11.8 Å². The fourth-order valence-corrected chi connectivity index (χ4v) is 2.88. The zero-order chi connectivity index (χ0) is 12.2. The van der Waals surface area contributed by atoms with Gasteiger partial charge in [-0.1, -0.05) is 91.9 Å². The Morgan fingerprint density at radius 1 is 0.562 bits per heavy atom. The monoisotopic (exact) mass is 226 g/mol. The van der Waals surface area contributed by atoms with Crippen LogP contribution in [0, 0.1) is 11.8 Å². The summed E-state index contributed by atoms with van der Waals surface area (Å²) >= 11 is 0. The zero-order valence-electron chi connectivity index (χ0n) is 12.2. The van der Waals surface area contributed by atoms with Crippen LogP contribution in [-0.4, -0.2) is 0 Å². The Hall–Kier alpha value is 0. The van der Waals surface area contributed by atoms with Gasteiger partial charge in [-0.15, -0.1) is 0 Å². The van der Waals surface area contributed by atoms with Gasteiger partial charge >= 0.3 is 0 Å². The molecule has 0 saturated carbocycles. The molecule has 0 aliphatic heterocycles. The van der Waals surface area contributed by atoms with Crippen LogP contribution in [0.1, 0.15) is 91.9 Å². The quantitative estimate of drug-likeness (QED) is 0.368. The lowest BCUT2D eigenvalue weighted by Crippen LogP contribution is -2.14. The molecule has 0 aromatic rings. The first-order chi connectivity index (χ1) is 7.79. The average Bonchev–Trinajstić information content (AvgIpc) is 2.31. The van der Waals surface area contributed by atoms with E-state index in [-0.39, 0.29) is 0 Å². The molecule has 0 heteroatoms. The van der Waals surface area contributed by atoms with Gasteiger partial charge in [0.1, 0.15) is 0 Å². The van der Waals surface area contributed by atoms with Crippen LogP contribution in [0.3, 0.4) is 0 Å². The summed E-state index contributed by atoms with van der Waals surface area (Å²) in [5, 5.41) is 0. The molecule has 0 nitrogen and oxygen atoms in total. The predicted octanol–water partition coefficient (Wildman–Crippen LogP) is 6.20. The standard InChI is InChI=1S/C16H34/c1-5-9-11-14-15(8-4)16(12-7-3)13-10-6-2/h15-16H,5-14H2,1-4H3. The molecule has 2 unspecified atom stereocenters. The Bertz CT molecular complexity index is 128. The summed E-state index contributed by atoms with van der Waals surface area (Å²) in [6.07, 6.45) is 14.3. The van der Waals surface area contributed by atoms with E-state index in [1.807, 2.05) is 0 Å². The Labute approximate surface area is 104 Å². The molecule has 0 aliphatic carbocycles.